The molecule has 6 nitrogen and oxygen atoms in total. The lowest BCUT2D eigenvalue weighted by atomic mass is 10.0. The molecule has 0 unspecified atom stereocenters. The average molecular weight is 393 g/mol. The van der Waals surface area contributed by atoms with E-state index in [1.807, 2.05) is 0 Å². The van der Waals surface area contributed by atoms with Gasteiger partial charge in [0.25, 0.3) is 5.91 Å². The molecule has 1 aliphatic heterocycles. The lowest BCUT2D eigenvalue weighted by Gasteiger charge is -2.17. The van der Waals surface area contributed by atoms with Crippen LogP contribution in [0.25, 0.3) is 22.2 Å². The smallest absolute Gasteiger partial charge is 0.256 e. The second kappa shape index (κ2) is 6.44. The zero-order valence-corrected chi connectivity index (χ0v) is 15.2. The number of carbonyl (C=O) groups is 1. The summed E-state index contributed by atoms with van der Waals surface area (Å²) in [6, 6.07) is 6.99. The Kier molecular flexibility index (Phi) is 3.39. The maximum atomic E-state index is 14.9. The fourth-order valence-electron chi connectivity index (χ4n) is 3.37. The monoisotopic (exact) mass is 393 g/mol. The molecule has 0 spiro atoms. The number of amides is 1. The van der Waals surface area contributed by atoms with Crippen LogP contribution in [0.4, 0.5) is 8.78 Å². The number of fused-ring (bicyclic) bond motifs is 2. The Balaban J connectivity index is 1.51. The quantitative estimate of drug-likeness (QED) is 0.535. The normalized spacial score (nSPS) is 16.1. The number of hydrogen-bond acceptors (Lipinski definition) is 4. The number of benzene rings is 1. The van der Waals surface area contributed by atoms with Crippen LogP contribution in [-0.2, 0) is 20.1 Å². The van der Waals surface area contributed by atoms with Crippen molar-refractivity contribution in [1.82, 2.24) is 24.6 Å². The molecule has 0 aliphatic carbocycles. The van der Waals surface area contributed by atoms with Crippen molar-refractivity contribution in [2.45, 2.75) is 13.0 Å². The molecule has 0 saturated carbocycles. The van der Waals surface area contributed by atoms with E-state index >= 15 is 0 Å². The molecule has 0 N–H and O–H groups in total. The number of aryl methyl sites for hydroxylation is 1. The van der Waals surface area contributed by atoms with E-state index in [-0.39, 0.29) is 16.8 Å². The summed E-state index contributed by atoms with van der Waals surface area (Å²) in [6.45, 7) is -2.85. The lowest BCUT2D eigenvalue weighted by molar-refractivity contribution is 0.0763. The fraction of sp³-hybridized carbons (Fsp3) is 0.143. The summed E-state index contributed by atoms with van der Waals surface area (Å²) in [4.78, 5) is 21.6. The van der Waals surface area contributed by atoms with E-state index < -0.39 is 36.1 Å². The Hall–Kier alpha value is -3.68. The predicted molar refractivity (Wildman–Crippen MR) is 102 cm³/mol. The van der Waals surface area contributed by atoms with E-state index in [0.717, 1.165) is 22.4 Å². The molecule has 0 radical (unpaired) electrons. The van der Waals surface area contributed by atoms with Crippen molar-refractivity contribution in [1.29, 1.82) is 0 Å². The van der Waals surface area contributed by atoms with E-state index in [9.17, 15) is 13.6 Å². The van der Waals surface area contributed by atoms with Crippen LogP contribution in [0.2, 0.25) is 0 Å². The topological polar surface area (TPSA) is 63.9 Å². The molecule has 4 aromatic rings. The van der Waals surface area contributed by atoms with E-state index in [2.05, 4.69) is 15.1 Å². The van der Waals surface area contributed by atoms with E-state index in [1.54, 1.807) is 24.0 Å². The Morgan fingerprint density at radius 2 is 1.97 bits per heavy atom. The number of aromatic nitrogens is 4. The zero-order valence-electron chi connectivity index (χ0n) is 17.2. The van der Waals surface area contributed by atoms with Crippen molar-refractivity contribution in [3.05, 3.63) is 77.4 Å². The Labute approximate surface area is 167 Å². The standard InChI is InChI=1S/C21H15F2N5O/c1-27-9-14-5-13(8-25-20(14)26-27)12-6-17(22)16(18(23)7-12)10-28-11-19-15(21(28)29)3-2-4-24-19/h2-9H,10-11H2,1H3/i11D2. The summed E-state index contributed by atoms with van der Waals surface area (Å²) < 4.78 is 47.9. The first-order chi connectivity index (χ1) is 14.8. The molecule has 0 saturated heterocycles. The van der Waals surface area contributed by atoms with Crippen LogP contribution in [0.1, 0.15) is 24.4 Å². The van der Waals surface area contributed by atoms with Crippen LogP contribution in [-0.4, -0.2) is 30.6 Å². The fourth-order valence-corrected chi connectivity index (χ4v) is 3.37. The third-order valence-electron chi connectivity index (χ3n) is 4.79. The number of halogens is 2. The molecular weight excluding hydrogens is 376 g/mol. The van der Waals surface area contributed by atoms with Crippen molar-refractivity contribution in [3.8, 4) is 11.1 Å². The number of pyridine rings is 2. The highest BCUT2D eigenvalue weighted by atomic mass is 19.1. The van der Waals surface area contributed by atoms with Gasteiger partial charge >= 0.3 is 0 Å². The molecule has 5 rings (SSSR count). The summed E-state index contributed by atoms with van der Waals surface area (Å²) in [7, 11) is 1.75. The van der Waals surface area contributed by atoms with Crippen LogP contribution in [0.3, 0.4) is 0 Å². The van der Waals surface area contributed by atoms with Crippen LogP contribution in [0, 0.1) is 11.6 Å². The first kappa shape index (κ1) is 15.3. The molecule has 1 aromatic carbocycles. The Bertz CT molecular complexity index is 1350. The van der Waals surface area contributed by atoms with E-state index in [0.29, 0.717) is 11.2 Å². The molecule has 29 heavy (non-hydrogen) atoms. The summed E-state index contributed by atoms with van der Waals surface area (Å²) in [5.74, 6) is -2.43. The summed E-state index contributed by atoms with van der Waals surface area (Å²) in [6.07, 6.45) is 4.60. The summed E-state index contributed by atoms with van der Waals surface area (Å²) in [5.41, 5.74) is 0.928. The van der Waals surface area contributed by atoms with Gasteiger partial charge in [-0.3, -0.25) is 14.5 Å². The first-order valence-corrected chi connectivity index (χ1v) is 8.81. The van der Waals surface area contributed by atoms with Crippen molar-refractivity contribution in [2.24, 2.45) is 7.05 Å². The van der Waals surface area contributed by atoms with Crippen LogP contribution < -0.4 is 0 Å². The minimum absolute atomic E-state index is 0.0618. The van der Waals surface area contributed by atoms with Gasteiger partial charge in [0.05, 0.1) is 27.0 Å². The Morgan fingerprint density at radius 3 is 2.72 bits per heavy atom. The number of hydrogen-bond donors (Lipinski definition) is 0. The molecule has 0 bridgehead atoms. The maximum absolute atomic E-state index is 14.9. The highest BCUT2D eigenvalue weighted by Crippen LogP contribution is 2.29. The largest absolute Gasteiger partial charge is 0.328 e. The lowest BCUT2D eigenvalue weighted by Crippen LogP contribution is -2.24. The molecule has 1 aliphatic rings. The van der Waals surface area contributed by atoms with Gasteiger partial charge in [-0.2, -0.15) is 5.10 Å². The molecule has 3 aromatic heterocycles. The minimum atomic E-state index is -2.28. The van der Waals surface area contributed by atoms with E-state index in [1.165, 1.54) is 24.5 Å². The zero-order chi connectivity index (χ0) is 21.9. The maximum Gasteiger partial charge on any atom is 0.256 e. The molecular formula is C21H15F2N5O. The van der Waals surface area contributed by atoms with E-state index in [4.69, 9.17) is 2.74 Å². The van der Waals surface area contributed by atoms with Gasteiger partial charge < -0.3 is 4.90 Å². The number of carbonyl (C=O) groups excluding carboxylic acids is 1. The van der Waals surface area contributed by atoms with Gasteiger partial charge in [-0.1, -0.05) is 0 Å². The van der Waals surface area contributed by atoms with Crippen LogP contribution in [0.5, 0.6) is 0 Å². The summed E-state index contributed by atoms with van der Waals surface area (Å²) in [5, 5.41) is 4.90. The van der Waals surface area contributed by atoms with Crippen LogP contribution in [0.15, 0.2) is 48.9 Å². The number of rotatable bonds is 3. The van der Waals surface area contributed by atoms with Gasteiger partial charge in [0.15, 0.2) is 5.65 Å². The second-order valence-corrected chi connectivity index (χ2v) is 6.76. The third-order valence-corrected chi connectivity index (χ3v) is 4.79. The van der Waals surface area contributed by atoms with Gasteiger partial charge in [-0.05, 0) is 35.9 Å². The first-order valence-electron chi connectivity index (χ1n) is 9.81. The van der Waals surface area contributed by atoms with Gasteiger partial charge in [-0.25, -0.2) is 13.8 Å². The Morgan fingerprint density at radius 1 is 1.17 bits per heavy atom. The van der Waals surface area contributed by atoms with Gasteiger partial charge in [0.1, 0.15) is 11.6 Å². The highest BCUT2D eigenvalue weighted by molar-refractivity contribution is 5.97. The van der Waals surface area contributed by atoms with Gasteiger partial charge in [-0.15, -0.1) is 0 Å². The molecule has 8 heteroatoms. The van der Waals surface area contributed by atoms with Crippen molar-refractivity contribution < 1.29 is 16.3 Å². The molecule has 0 atom stereocenters. The van der Waals surface area contributed by atoms with Crippen molar-refractivity contribution in [2.75, 3.05) is 0 Å². The molecule has 0 fully saturated rings. The summed E-state index contributed by atoms with van der Waals surface area (Å²) >= 11 is 0. The average Bonchev–Trinajstić information content (AvgIpc) is 3.19. The molecule has 144 valence electrons. The molecule has 1 amide bonds. The SMILES string of the molecule is [2H]C1([2H])c2ncccc2C(=O)N1Cc1c(F)cc(-c2cnc3nn(C)cc3c2)cc1F. The molecule has 4 heterocycles. The van der Waals surface area contributed by atoms with Crippen molar-refractivity contribution >= 4 is 16.9 Å². The van der Waals surface area contributed by atoms with Crippen molar-refractivity contribution in [3.63, 3.8) is 0 Å². The number of nitrogens with zero attached hydrogens (tertiary/aromatic N) is 5. The predicted octanol–water partition coefficient (Wildman–Crippen LogP) is 3.46. The minimum Gasteiger partial charge on any atom is -0.328 e. The van der Waals surface area contributed by atoms with Gasteiger partial charge in [0.2, 0.25) is 0 Å². The second-order valence-electron chi connectivity index (χ2n) is 6.76. The van der Waals surface area contributed by atoms with Gasteiger partial charge in [0, 0.05) is 42.2 Å². The third kappa shape index (κ3) is 2.93. The highest BCUT2D eigenvalue weighted by Gasteiger charge is 2.29. The van der Waals surface area contributed by atoms with Crippen LogP contribution >= 0.6 is 0 Å².